The molecule has 5 heteroatoms. The van der Waals surface area contributed by atoms with Gasteiger partial charge in [-0.3, -0.25) is 9.78 Å². The molecule has 1 N–H and O–H groups in total. The van der Waals surface area contributed by atoms with E-state index in [0.717, 1.165) is 30.9 Å². The summed E-state index contributed by atoms with van der Waals surface area (Å²) in [5, 5.41) is 2.96. The van der Waals surface area contributed by atoms with E-state index in [1.54, 1.807) is 19.3 Å². The molecule has 1 fully saturated rings. The van der Waals surface area contributed by atoms with Gasteiger partial charge in [-0.05, 0) is 12.8 Å². The summed E-state index contributed by atoms with van der Waals surface area (Å²) < 4.78 is 0. The topological polar surface area (TPSA) is 58.1 Å². The number of anilines is 1. The van der Waals surface area contributed by atoms with Crippen LogP contribution in [0.2, 0.25) is 0 Å². The molecule has 1 unspecified atom stereocenters. The summed E-state index contributed by atoms with van der Waals surface area (Å²) in [6, 6.07) is 0.0956. The molecule has 0 bridgehead atoms. The summed E-state index contributed by atoms with van der Waals surface area (Å²) in [5.41, 5.74) is 0.875. The molecule has 0 aromatic carbocycles. The van der Waals surface area contributed by atoms with Crippen molar-refractivity contribution in [1.82, 2.24) is 14.9 Å². The van der Waals surface area contributed by atoms with E-state index in [1.807, 2.05) is 11.9 Å². The monoisotopic (exact) mass is 220 g/mol. The number of aromatic nitrogens is 2. The van der Waals surface area contributed by atoms with Crippen LogP contribution in [0.25, 0.3) is 0 Å². The quantitative estimate of drug-likeness (QED) is 0.813. The van der Waals surface area contributed by atoms with Crippen molar-refractivity contribution in [3.05, 3.63) is 18.1 Å². The molecule has 1 aliphatic rings. The molecule has 1 atom stereocenters. The van der Waals surface area contributed by atoms with E-state index >= 15 is 0 Å². The second kappa shape index (κ2) is 4.47. The van der Waals surface area contributed by atoms with Crippen LogP contribution in [0.4, 0.5) is 5.82 Å². The summed E-state index contributed by atoms with van der Waals surface area (Å²) in [4.78, 5) is 21.9. The first-order chi connectivity index (χ1) is 7.72. The van der Waals surface area contributed by atoms with Crippen LogP contribution in [0.15, 0.2) is 12.4 Å². The Morgan fingerprint density at radius 2 is 2.38 bits per heavy atom. The highest BCUT2D eigenvalue weighted by atomic mass is 16.2. The van der Waals surface area contributed by atoms with Crippen LogP contribution in [0, 0.1) is 0 Å². The fourth-order valence-electron chi connectivity index (χ4n) is 2.11. The van der Waals surface area contributed by atoms with E-state index in [2.05, 4.69) is 15.3 Å². The Hall–Kier alpha value is -1.65. The Labute approximate surface area is 94.9 Å². The molecule has 2 heterocycles. The minimum absolute atomic E-state index is 0.0956. The largest absolute Gasteiger partial charge is 0.372 e. The summed E-state index contributed by atoms with van der Waals surface area (Å²) in [5.74, 6) is 0.854. The lowest BCUT2D eigenvalue weighted by Crippen LogP contribution is -2.28. The number of hydrogen-bond acceptors (Lipinski definition) is 4. The number of carbonyl (C=O) groups excluding carboxylic acids is 1. The van der Waals surface area contributed by atoms with Gasteiger partial charge in [-0.15, -0.1) is 0 Å². The molecule has 0 aliphatic carbocycles. The maximum atomic E-state index is 11.4. The third-order valence-electron chi connectivity index (χ3n) is 2.91. The van der Waals surface area contributed by atoms with E-state index in [1.165, 1.54) is 0 Å². The molecular weight excluding hydrogens is 204 g/mol. The number of likely N-dealkylation sites (tertiary alicyclic amines) is 1. The average Bonchev–Trinajstić information content (AvgIpc) is 2.78. The predicted octanol–water partition coefficient (Wildman–Crippen LogP) is 1.20. The van der Waals surface area contributed by atoms with Gasteiger partial charge in [0.2, 0.25) is 5.91 Å². The molecule has 0 radical (unpaired) electrons. The standard InChI is InChI=1S/C11H16N4O/c1-8(16)15-5-3-4-10(15)9-6-13-7-11(12-2)14-9/h6-7,10H,3-5H2,1-2H3,(H,12,14). The van der Waals surface area contributed by atoms with E-state index < -0.39 is 0 Å². The van der Waals surface area contributed by atoms with Crippen LogP contribution in [-0.4, -0.2) is 34.4 Å². The zero-order chi connectivity index (χ0) is 11.5. The van der Waals surface area contributed by atoms with Crippen molar-refractivity contribution in [1.29, 1.82) is 0 Å². The van der Waals surface area contributed by atoms with Gasteiger partial charge in [0, 0.05) is 20.5 Å². The lowest BCUT2D eigenvalue weighted by atomic mass is 10.1. The molecular formula is C11H16N4O. The van der Waals surface area contributed by atoms with Crippen LogP contribution in [0.1, 0.15) is 31.5 Å². The number of hydrogen-bond donors (Lipinski definition) is 1. The zero-order valence-corrected chi connectivity index (χ0v) is 9.60. The van der Waals surface area contributed by atoms with Gasteiger partial charge in [-0.1, -0.05) is 0 Å². The molecule has 2 rings (SSSR count). The van der Waals surface area contributed by atoms with E-state index in [4.69, 9.17) is 0 Å². The molecule has 1 aliphatic heterocycles. The summed E-state index contributed by atoms with van der Waals surface area (Å²) in [6.07, 6.45) is 5.43. The fraction of sp³-hybridized carbons (Fsp3) is 0.545. The lowest BCUT2D eigenvalue weighted by molar-refractivity contribution is -0.129. The minimum atomic E-state index is 0.0956. The molecule has 5 nitrogen and oxygen atoms in total. The molecule has 86 valence electrons. The normalized spacial score (nSPS) is 19.9. The van der Waals surface area contributed by atoms with Gasteiger partial charge in [0.05, 0.1) is 24.1 Å². The number of carbonyl (C=O) groups is 1. The van der Waals surface area contributed by atoms with Crippen LogP contribution in [0.5, 0.6) is 0 Å². The summed E-state index contributed by atoms with van der Waals surface area (Å²) >= 11 is 0. The van der Waals surface area contributed by atoms with Crippen molar-refractivity contribution in [2.24, 2.45) is 0 Å². The first-order valence-electron chi connectivity index (χ1n) is 5.49. The molecule has 0 spiro atoms. The highest BCUT2D eigenvalue weighted by Crippen LogP contribution is 2.30. The summed E-state index contributed by atoms with van der Waals surface area (Å²) in [7, 11) is 1.81. The smallest absolute Gasteiger partial charge is 0.220 e. The third-order valence-corrected chi connectivity index (χ3v) is 2.91. The Morgan fingerprint density at radius 1 is 1.56 bits per heavy atom. The highest BCUT2D eigenvalue weighted by Gasteiger charge is 2.29. The molecule has 1 aromatic heterocycles. The van der Waals surface area contributed by atoms with Crippen molar-refractivity contribution < 1.29 is 4.79 Å². The Morgan fingerprint density at radius 3 is 3.06 bits per heavy atom. The minimum Gasteiger partial charge on any atom is -0.372 e. The number of rotatable bonds is 2. The molecule has 1 aromatic rings. The van der Waals surface area contributed by atoms with E-state index in [0.29, 0.717) is 0 Å². The third kappa shape index (κ3) is 1.98. The van der Waals surface area contributed by atoms with Crippen molar-refractivity contribution in [2.75, 3.05) is 18.9 Å². The highest BCUT2D eigenvalue weighted by molar-refractivity contribution is 5.74. The molecule has 1 saturated heterocycles. The molecule has 1 amide bonds. The second-order valence-corrected chi connectivity index (χ2v) is 3.95. The van der Waals surface area contributed by atoms with E-state index in [-0.39, 0.29) is 11.9 Å². The maximum Gasteiger partial charge on any atom is 0.220 e. The van der Waals surface area contributed by atoms with Gasteiger partial charge in [-0.25, -0.2) is 4.98 Å². The zero-order valence-electron chi connectivity index (χ0n) is 9.60. The maximum absolute atomic E-state index is 11.4. The Balaban J connectivity index is 2.25. The van der Waals surface area contributed by atoms with Gasteiger partial charge in [0.1, 0.15) is 5.82 Å². The van der Waals surface area contributed by atoms with Crippen molar-refractivity contribution >= 4 is 11.7 Å². The van der Waals surface area contributed by atoms with E-state index in [9.17, 15) is 4.79 Å². The van der Waals surface area contributed by atoms with Gasteiger partial charge < -0.3 is 10.2 Å². The molecule has 16 heavy (non-hydrogen) atoms. The van der Waals surface area contributed by atoms with Gasteiger partial charge in [0.15, 0.2) is 0 Å². The average molecular weight is 220 g/mol. The van der Waals surface area contributed by atoms with Gasteiger partial charge in [0.25, 0.3) is 0 Å². The van der Waals surface area contributed by atoms with Gasteiger partial charge in [-0.2, -0.15) is 0 Å². The van der Waals surface area contributed by atoms with Crippen LogP contribution < -0.4 is 5.32 Å². The first kappa shape index (κ1) is 10.9. The molecule has 0 saturated carbocycles. The predicted molar refractivity (Wildman–Crippen MR) is 60.9 cm³/mol. The second-order valence-electron chi connectivity index (χ2n) is 3.95. The van der Waals surface area contributed by atoms with Crippen molar-refractivity contribution in [3.63, 3.8) is 0 Å². The Kier molecular flexibility index (Phi) is 3.03. The fourth-order valence-corrected chi connectivity index (χ4v) is 2.11. The van der Waals surface area contributed by atoms with Gasteiger partial charge >= 0.3 is 0 Å². The first-order valence-corrected chi connectivity index (χ1v) is 5.49. The van der Waals surface area contributed by atoms with Crippen LogP contribution >= 0.6 is 0 Å². The SMILES string of the molecule is CNc1cncc(C2CCCN2C(C)=O)n1. The Bertz CT molecular complexity index is 393. The van der Waals surface area contributed by atoms with Crippen molar-refractivity contribution in [2.45, 2.75) is 25.8 Å². The number of nitrogens with zero attached hydrogens (tertiary/aromatic N) is 3. The van der Waals surface area contributed by atoms with Crippen molar-refractivity contribution in [3.8, 4) is 0 Å². The number of amides is 1. The number of nitrogens with one attached hydrogen (secondary N) is 1. The lowest BCUT2D eigenvalue weighted by Gasteiger charge is -2.22. The van der Waals surface area contributed by atoms with Crippen LogP contribution in [-0.2, 0) is 4.79 Å². The summed E-state index contributed by atoms with van der Waals surface area (Å²) in [6.45, 7) is 2.43. The van der Waals surface area contributed by atoms with Crippen LogP contribution in [0.3, 0.4) is 0 Å².